The third-order valence-corrected chi connectivity index (χ3v) is 6.78. The molecule has 1 saturated heterocycles. The second-order valence-electron chi connectivity index (χ2n) is 6.68. The summed E-state index contributed by atoms with van der Waals surface area (Å²) < 4.78 is 54.3. The van der Waals surface area contributed by atoms with Gasteiger partial charge in [0.2, 0.25) is 10.0 Å². The second kappa shape index (κ2) is 7.12. The normalized spacial score (nSPS) is 16.6. The average Bonchev–Trinajstić information content (AvgIpc) is 3.05. The molecule has 1 aliphatic rings. The molecular formula is C18H18F2N4O3S. The van der Waals surface area contributed by atoms with Crippen molar-refractivity contribution in [2.45, 2.75) is 11.4 Å². The number of rotatable bonds is 4. The molecule has 3 aromatic rings. The zero-order valence-electron chi connectivity index (χ0n) is 14.8. The summed E-state index contributed by atoms with van der Waals surface area (Å²) >= 11 is 0. The summed E-state index contributed by atoms with van der Waals surface area (Å²) in [5, 5.41) is 0. The smallest absolute Gasteiger partial charge is 0.306 e. The quantitative estimate of drug-likeness (QED) is 0.687. The molecule has 0 unspecified atom stereocenters. The lowest BCUT2D eigenvalue weighted by Gasteiger charge is -2.34. The number of benzene rings is 2. The minimum atomic E-state index is -3.72. The molecule has 10 heteroatoms. The second-order valence-corrected chi connectivity index (χ2v) is 8.62. The number of sulfonamides is 1. The molecule has 0 radical (unpaired) electrons. The lowest BCUT2D eigenvalue weighted by Crippen LogP contribution is -2.48. The minimum absolute atomic E-state index is 0.0971. The highest BCUT2D eigenvalue weighted by molar-refractivity contribution is 7.89. The van der Waals surface area contributed by atoms with Crippen molar-refractivity contribution in [3.8, 4) is 0 Å². The largest absolute Gasteiger partial charge is 0.323 e. The predicted molar refractivity (Wildman–Crippen MR) is 99.3 cm³/mol. The Balaban J connectivity index is 1.47. The Hall–Kier alpha value is -2.56. The van der Waals surface area contributed by atoms with E-state index in [2.05, 4.69) is 9.97 Å². The maximum atomic E-state index is 13.8. The Kier molecular flexibility index (Phi) is 4.77. The van der Waals surface area contributed by atoms with Gasteiger partial charge in [-0.05, 0) is 24.3 Å². The van der Waals surface area contributed by atoms with Crippen LogP contribution in [0, 0.1) is 11.6 Å². The van der Waals surface area contributed by atoms with Crippen LogP contribution in [0.4, 0.5) is 8.78 Å². The molecule has 1 aliphatic heterocycles. The van der Waals surface area contributed by atoms with Crippen LogP contribution in [0.3, 0.4) is 0 Å². The molecule has 2 heterocycles. The first-order valence-electron chi connectivity index (χ1n) is 8.72. The van der Waals surface area contributed by atoms with Gasteiger partial charge in [0.25, 0.3) is 0 Å². The molecule has 148 valence electrons. The predicted octanol–water partition coefficient (Wildman–Crippen LogP) is 1.64. The van der Waals surface area contributed by atoms with Crippen LogP contribution in [-0.4, -0.2) is 53.8 Å². The molecule has 1 fully saturated rings. The van der Waals surface area contributed by atoms with Crippen LogP contribution in [-0.2, 0) is 16.6 Å². The molecular weight excluding hydrogens is 390 g/mol. The Morgan fingerprint density at radius 3 is 2.43 bits per heavy atom. The average molecular weight is 408 g/mol. The van der Waals surface area contributed by atoms with E-state index in [0.717, 1.165) is 6.07 Å². The summed E-state index contributed by atoms with van der Waals surface area (Å²) in [6, 6.07) is 8.47. The van der Waals surface area contributed by atoms with Gasteiger partial charge in [0.05, 0.1) is 15.9 Å². The van der Waals surface area contributed by atoms with Crippen molar-refractivity contribution in [3.05, 3.63) is 64.1 Å². The van der Waals surface area contributed by atoms with Crippen LogP contribution in [0.5, 0.6) is 0 Å². The lowest BCUT2D eigenvalue weighted by atomic mass is 10.2. The van der Waals surface area contributed by atoms with Crippen LogP contribution in [0.25, 0.3) is 11.0 Å². The lowest BCUT2D eigenvalue weighted by molar-refractivity contribution is 0.179. The number of fused-ring (bicyclic) bond motifs is 1. The third-order valence-electron chi connectivity index (χ3n) is 4.88. The molecule has 1 aromatic heterocycles. The first-order valence-corrected chi connectivity index (χ1v) is 10.2. The molecule has 2 aromatic carbocycles. The topological polar surface area (TPSA) is 89.3 Å². The van der Waals surface area contributed by atoms with E-state index in [4.69, 9.17) is 0 Å². The third kappa shape index (κ3) is 3.46. The Morgan fingerprint density at radius 2 is 1.68 bits per heavy atom. The van der Waals surface area contributed by atoms with E-state index in [1.54, 1.807) is 6.07 Å². The zero-order chi connectivity index (χ0) is 19.9. The van der Waals surface area contributed by atoms with Gasteiger partial charge in [-0.2, -0.15) is 4.31 Å². The number of H-pyrrole nitrogens is 2. The number of halogens is 2. The summed E-state index contributed by atoms with van der Waals surface area (Å²) in [6.45, 7) is 1.49. The Bertz CT molecular complexity index is 1180. The first kappa shape index (κ1) is 18.8. The van der Waals surface area contributed by atoms with Crippen molar-refractivity contribution >= 4 is 21.1 Å². The molecule has 0 atom stereocenters. The number of nitrogens with one attached hydrogen (secondary N) is 2. The van der Waals surface area contributed by atoms with Crippen molar-refractivity contribution in [3.63, 3.8) is 0 Å². The highest BCUT2D eigenvalue weighted by atomic mass is 32.2. The fraction of sp³-hybridized carbons (Fsp3) is 0.278. The molecule has 0 bridgehead atoms. The molecule has 2 N–H and O–H groups in total. The van der Waals surface area contributed by atoms with E-state index in [1.165, 1.54) is 28.6 Å². The SMILES string of the molecule is O=c1[nH]c2ccc(S(=O)(=O)N3CCN(Cc4cccc(F)c4F)CC3)cc2[nH]1. The molecule has 0 amide bonds. The maximum absolute atomic E-state index is 13.8. The van der Waals surface area contributed by atoms with E-state index in [0.29, 0.717) is 24.1 Å². The standard InChI is InChI=1S/C18H18F2N4O3S/c19-14-3-1-2-12(17(14)20)11-23-6-8-24(9-7-23)28(26,27)13-4-5-15-16(10-13)22-18(25)21-15/h1-5,10H,6-9,11H2,(H2,21,22,25). The van der Waals surface area contributed by atoms with Gasteiger partial charge in [-0.1, -0.05) is 12.1 Å². The number of aromatic nitrogens is 2. The van der Waals surface area contributed by atoms with Gasteiger partial charge in [0, 0.05) is 38.3 Å². The van der Waals surface area contributed by atoms with Crippen molar-refractivity contribution in [2.75, 3.05) is 26.2 Å². The van der Waals surface area contributed by atoms with Crippen molar-refractivity contribution in [1.29, 1.82) is 0 Å². The van der Waals surface area contributed by atoms with Crippen molar-refractivity contribution in [1.82, 2.24) is 19.2 Å². The summed E-state index contributed by atoms with van der Waals surface area (Å²) in [6.07, 6.45) is 0. The minimum Gasteiger partial charge on any atom is -0.306 e. The van der Waals surface area contributed by atoms with Gasteiger partial charge in [-0.25, -0.2) is 22.0 Å². The summed E-state index contributed by atoms with van der Waals surface area (Å²) in [4.78, 5) is 18.5. The van der Waals surface area contributed by atoms with Crippen LogP contribution in [0.2, 0.25) is 0 Å². The van der Waals surface area contributed by atoms with E-state index >= 15 is 0 Å². The number of aromatic amines is 2. The molecule has 0 saturated carbocycles. The summed E-state index contributed by atoms with van der Waals surface area (Å²) in [5.74, 6) is -1.76. The monoisotopic (exact) mass is 408 g/mol. The number of hydrogen-bond donors (Lipinski definition) is 2. The van der Waals surface area contributed by atoms with E-state index in [1.807, 2.05) is 4.90 Å². The van der Waals surface area contributed by atoms with Gasteiger partial charge >= 0.3 is 5.69 Å². The van der Waals surface area contributed by atoms with E-state index < -0.39 is 27.3 Å². The number of imidazole rings is 1. The van der Waals surface area contributed by atoms with Gasteiger partial charge in [-0.15, -0.1) is 0 Å². The number of hydrogen-bond acceptors (Lipinski definition) is 4. The molecule has 7 nitrogen and oxygen atoms in total. The van der Waals surface area contributed by atoms with Gasteiger partial charge < -0.3 is 9.97 Å². The van der Waals surface area contributed by atoms with Crippen molar-refractivity contribution in [2.24, 2.45) is 0 Å². The highest BCUT2D eigenvalue weighted by Gasteiger charge is 2.29. The fourth-order valence-corrected chi connectivity index (χ4v) is 4.81. The maximum Gasteiger partial charge on any atom is 0.323 e. The summed E-state index contributed by atoms with van der Waals surface area (Å²) in [7, 11) is -3.72. The summed E-state index contributed by atoms with van der Waals surface area (Å²) in [5.41, 5.74) is 0.804. The van der Waals surface area contributed by atoms with Crippen LogP contribution in [0.15, 0.2) is 46.1 Å². The molecule has 4 rings (SSSR count). The van der Waals surface area contributed by atoms with Crippen LogP contribution < -0.4 is 5.69 Å². The van der Waals surface area contributed by atoms with E-state index in [-0.39, 0.29) is 30.1 Å². The Labute approximate surface area is 159 Å². The number of nitrogens with zero attached hydrogens (tertiary/aromatic N) is 2. The molecule has 0 aliphatic carbocycles. The van der Waals surface area contributed by atoms with Crippen molar-refractivity contribution < 1.29 is 17.2 Å². The fourth-order valence-electron chi connectivity index (χ4n) is 3.36. The van der Waals surface area contributed by atoms with E-state index in [9.17, 15) is 22.0 Å². The molecule has 28 heavy (non-hydrogen) atoms. The Morgan fingerprint density at radius 1 is 0.964 bits per heavy atom. The zero-order valence-corrected chi connectivity index (χ0v) is 15.6. The first-order chi connectivity index (χ1) is 13.3. The van der Waals surface area contributed by atoms with Gasteiger partial charge in [0.15, 0.2) is 11.6 Å². The van der Waals surface area contributed by atoms with Crippen LogP contribution >= 0.6 is 0 Å². The number of piperazine rings is 1. The van der Waals surface area contributed by atoms with Gasteiger partial charge in [0.1, 0.15) is 0 Å². The van der Waals surface area contributed by atoms with Gasteiger partial charge in [-0.3, -0.25) is 4.90 Å². The highest BCUT2D eigenvalue weighted by Crippen LogP contribution is 2.22. The molecule has 0 spiro atoms. The van der Waals surface area contributed by atoms with Crippen LogP contribution in [0.1, 0.15) is 5.56 Å².